The van der Waals surface area contributed by atoms with Gasteiger partial charge in [-0.3, -0.25) is 24.5 Å². The number of rotatable bonds is 13. The zero-order valence-corrected chi connectivity index (χ0v) is 28.1. The molecule has 0 aliphatic rings. The number of amides is 3. The van der Waals surface area contributed by atoms with Crippen molar-refractivity contribution in [1.29, 1.82) is 0 Å². The van der Waals surface area contributed by atoms with Crippen molar-refractivity contribution in [3.05, 3.63) is 165 Å². The number of anilines is 2. The maximum atomic E-state index is 13.5. The first-order chi connectivity index (χ1) is 24.1. The van der Waals surface area contributed by atoms with E-state index < -0.39 is 22.0 Å². The van der Waals surface area contributed by atoms with Crippen LogP contribution in [0.3, 0.4) is 0 Å². The summed E-state index contributed by atoms with van der Waals surface area (Å²) in [4.78, 5) is 50.8. The van der Waals surface area contributed by atoms with E-state index in [0.717, 1.165) is 10.5 Å². The largest absolute Gasteiger partial charge is 0.489 e. The number of ether oxygens (including phenoxy) is 1. The minimum atomic E-state index is -0.529. The summed E-state index contributed by atoms with van der Waals surface area (Å²) in [6, 6.07) is 36.8. The van der Waals surface area contributed by atoms with Gasteiger partial charge in [0, 0.05) is 28.3 Å². The van der Waals surface area contributed by atoms with Crippen LogP contribution in [0.15, 0.2) is 138 Å². The Labute approximate surface area is 293 Å². The van der Waals surface area contributed by atoms with E-state index in [0.29, 0.717) is 40.4 Å². The Bertz CT molecular complexity index is 2000. The monoisotopic (exact) mass is 686 g/mol. The van der Waals surface area contributed by atoms with E-state index in [1.165, 1.54) is 23.9 Å². The lowest BCUT2D eigenvalue weighted by Gasteiger charge is -2.14. The molecule has 0 bridgehead atoms. The number of hydrogen-bond acceptors (Lipinski definition) is 7. The molecule has 11 heteroatoms. The molecular formula is C39H34N4O6S. The van der Waals surface area contributed by atoms with Crippen molar-refractivity contribution in [2.45, 2.75) is 30.6 Å². The number of thioether (sulfide) groups is 1. The standard InChI is InChI=1S/C39H34N4O6S/c1-26-13-18-32(43(47)48)24-35(26)41-37(44)27(2)50-34-21-16-31(17-22-34)40-39(46)36(42-38(45)30-11-7-4-8-12-30)23-28-14-19-33(20-15-28)49-25-29-9-5-3-6-10-29/h3-24,27H,25H2,1-2H3,(H,40,46)(H,41,44)(H,42,45)/b36-23-. The molecule has 3 amide bonds. The molecule has 0 aliphatic carbocycles. The van der Waals surface area contributed by atoms with Gasteiger partial charge in [0.2, 0.25) is 5.91 Å². The third-order valence-corrected chi connectivity index (χ3v) is 8.56. The van der Waals surface area contributed by atoms with Crippen LogP contribution in [0.2, 0.25) is 0 Å². The fourth-order valence-corrected chi connectivity index (χ4v) is 5.54. The minimum Gasteiger partial charge on any atom is -0.489 e. The molecular weight excluding hydrogens is 653 g/mol. The van der Waals surface area contributed by atoms with Crippen LogP contribution in [-0.4, -0.2) is 27.9 Å². The van der Waals surface area contributed by atoms with Gasteiger partial charge < -0.3 is 20.7 Å². The number of carbonyl (C=O) groups excluding carboxylic acids is 3. The Hall–Kier alpha value is -6.20. The number of nitrogens with zero attached hydrogens (tertiary/aromatic N) is 1. The highest BCUT2D eigenvalue weighted by atomic mass is 32.2. The fourth-order valence-electron chi connectivity index (χ4n) is 4.68. The number of carbonyl (C=O) groups is 3. The third-order valence-electron chi connectivity index (χ3n) is 7.45. The minimum absolute atomic E-state index is 0.0389. The van der Waals surface area contributed by atoms with Gasteiger partial charge >= 0.3 is 0 Å². The molecule has 50 heavy (non-hydrogen) atoms. The van der Waals surface area contributed by atoms with Crippen LogP contribution in [0, 0.1) is 17.0 Å². The van der Waals surface area contributed by atoms with Crippen LogP contribution >= 0.6 is 11.8 Å². The van der Waals surface area contributed by atoms with E-state index in [-0.39, 0.29) is 17.3 Å². The number of nitro groups is 1. The van der Waals surface area contributed by atoms with Gasteiger partial charge in [0.25, 0.3) is 17.5 Å². The summed E-state index contributed by atoms with van der Waals surface area (Å²) in [5.41, 5.74) is 3.61. The number of benzene rings is 5. The lowest BCUT2D eigenvalue weighted by molar-refractivity contribution is -0.384. The third kappa shape index (κ3) is 9.91. The Morgan fingerprint density at radius 2 is 1.50 bits per heavy atom. The molecule has 3 N–H and O–H groups in total. The van der Waals surface area contributed by atoms with E-state index in [9.17, 15) is 24.5 Å². The second-order valence-corrected chi connectivity index (χ2v) is 12.6. The van der Waals surface area contributed by atoms with E-state index in [1.807, 2.05) is 30.3 Å². The number of hydrogen-bond donors (Lipinski definition) is 3. The highest BCUT2D eigenvalue weighted by Gasteiger charge is 2.18. The average Bonchev–Trinajstić information content (AvgIpc) is 3.13. The lowest BCUT2D eigenvalue weighted by atomic mass is 10.1. The molecule has 0 aliphatic heterocycles. The molecule has 1 unspecified atom stereocenters. The molecule has 0 radical (unpaired) electrons. The molecule has 252 valence electrons. The predicted molar refractivity (Wildman–Crippen MR) is 196 cm³/mol. The SMILES string of the molecule is Cc1ccc([N+](=O)[O-])cc1NC(=O)C(C)Sc1ccc(NC(=O)/C(=C/c2ccc(OCc3ccccc3)cc2)NC(=O)c2ccccc2)cc1. The molecule has 5 aromatic carbocycles. The van der Waals surface area contributed by atoms with Crippen molar-refractivity contribution in [3.63, 3.8) is 0 Å². The van der Waals surface area contributed by atoms with Crippen LogP contribution in [0.5, 0.6) is 5.75 Å². The smallest absolute Gasteiger partial charge is 0.272 e. The molecule has 0 saturated carbocycles. The summed E-state index contributed by atoms with van der Waals surface area (Å²) in [5, 5.41) is 19.0. The van der Waals surface area contributed by atoms with Crippen LogP contribution in [0.4, 0.5) is 17.1 Å². The Balaban J connectivity index is 1.24. The highest BCUT2D eigenvalue weighted by molar-refractivity contribution is 8.00. The van der Waals surface area contributed by atoms with Crippen LogP contribution in [0.25, 0.3) is 6.08 Å². The van der Waals surface area contributed by atoms with E-state index in [1.54, 1.807) is 105 Å². The van der Waals surface area contributed by atoms with Gasteiger partial charge in [-0.15, -0.1) is 11.8 Å². The van der Waals surface area contributed by atoms with Gasteiger partial charge in [-0.2, -0.15) is 0 Å². The van der Waals surface area contributed by atoms with Gasteiger partial charge in [0.15, 0.2) is 0 Å². The molecule has 5 aromatic rings. The molecule has 0 spiro atoms. The number of nitrogens with one attached hydrogen (secondary N) is 3. The lowest BCUT2D eigenvalue weighted by Crippen LogP contribution is -2.30. The van der Waals surface area contributed by atoms with Crippen molar-refractivity contribution in [2.24, 2.45) is 0 Å². The van der Waals surface area contributed by atoms with Crippen LogP contribution < -0.4 is 20.7 Å². The first kappa shape index (κ1) is 35.1. The average molecular weight is 687 g/mol. The van der Waals surface area contributed by atoms with Crippen molar-refractivity contribution >= 4 is 52.6 Å². The Morgan fingerprint density at radius 3 is 2.16 bits per heavy atom. The number of aryl methyl sites for hydroxylation is 1. The van der Waals surface area contributed by atoms with Crippen molar-refractivity contribution in [3.8, 4) is 5.75 Å². The maximum Gasteiger partial charge on any atom is 0.272 e. The van der Waals surface area contributed by atoms with Gasteiger partial charge in [-0.1, -0.05) is 66.7 Å². The summed E-state index contributed by atoms with van der Waals surface area (Å²) in [5.74, 6) is -0.613. The molecule has 0 saturated heterocycles. The molecule has 10 nitrogen and oxygen atoms in total. The summed E-state index contributed by atoms with van der Waals surface area (Å²) >= 11 is 1.29. The predicted octanol–water partition coefficient (Wildman–Crippen LogP) is 8.01. The second kappa shape index (κ2) is 16.8. The van der Waals surface area contributed by atoms with E-state index in [4.69, 9.17) is 4.74 Å². The van der Waals surface area contributed by atoms with E-state index in [2.05, 4.69) is 16.0 Å². The topological polar surface area (TPSA) is 140 Å². The van der Waals surface area contributed by atoms with Crippen molar-refractivity contribution in [1.82, 2.24) is 5.32 Å². The van der Waals surface area contributed by atoms with Gasteiger partial charge in [0.05, 0.1) is 15.9 Å². The van der Waals surface area contributed by atoms with Crippen LogP contribution in [0.1, 0.15) is 34.0 Å². The maximum absolute atomic E-state index is 13.5. The second-order valence-electron chi connectivity index (χ2n) is 11.2. The zero-order valence-electron chi connectivity index (χ0n) is 27.3. The highest BCUT2D eigenvalue weighted by Crippen LogP contribution is 2.28. The first-order valence-corrected chi connectivity index (χ1v) is 16.5. The van der Waals surface area contributed by atoms with Crippen LogP contribution in [-0.2, 0) is 16.2 Å². The molecule has 5 rings (SSSR count). The normalized spacial score (nSPS) is 11.6. The Kier molecular flexibility index (Phi) is 11.8. The van der Waals surface area contributed by atoms with Crippen molar-refractivity contribution in [2.75, 3.05) is 10.6 Å². The van der Waals surface area contributed by atoms with Gasteiger partial charge in [0.1, 0.15) is 18.1 Å². The summed E-state index contributed by atoms with van der Waals surface area (Å²) < 4.78 is 5.87. The van der Waals surface area contributed by atoms with Gasteiger partial charge in [-0.25, -0.2) is 0 Å². The number of nitro benzene ring substituents is 1. The summed E-state index contributed by atoms with van der Waals surface area (Å²) in [6.07, 6.45) is 1.59. The molecule has 0 heterocycles. The number of non-ortho nitro benzene ring substituents is 1. The molecule has 0 aromatic heterocycles. The molecule has 0 fully saturated rings. The Morgan fingerprint density at radius 1 is 0.840 bits per heavy atom. The zero-order chi connectivity index (χ0) is 35.5. The van der Waals surface area contributed by atoms with Crippen molar-refractivity contribution < 1.29 is 24.0 Å². The molecule has 1 atom stereocenters. The quantitative estimate of drug-likeness (QED) is 0.0493. The summed E-state index contributed by atoms with van der Waals surface area (Å²) in [7, 11) is 0. The first-order valence-electron chi connectivity index (χ1n) is 15.6. The summed E-state index contributed by atoms with van der Waals surface area (Å²) in [6.45, 7) is 3.91. The van der Waals surface area contributed by atoms with Gasteiger partial charge in [-0.05, 0) is 85.1 Å². The fraction of sp³-hybridized carbons (Fsp3) is 0.103. The van der Waals surface area contributed by atoms with E-state index >= 15 is 0 Å².